The van der Waals surface area contributed by atoms with Gasteiger partial charge in [-0.2, -0.15) is 0 Å². The first-order valence-corrected chi connectivity index (χ1v) is 7.36. The van der Waals surface area contributed by atoms with Crippen molar-refractivity contribution in [2.45, 2.75) is 38.8 Å². The lowest BCUT2D eigenvalue weighted by Gasteiger charge is -2.18. The molecule has 0 heterocycles. The Labute approximate surface area is 134 Å². The molecule has 7 nitrogen and oxygen atoms in total. The molecule has 0 aromatic heterocycles. The average molecular weight is 323 g/mol. The molecule has 1 amide bonds. The number of benzene rings is 1. The van der Waals surface area contributed by atoms with E-state index in [0.29, 0.717) is 12.8 Å². The van der Waals surface area contributed by atoms with E-state index in [-0.39, 0.29) is 13.0 Å². The van der Waals surface area contributed by atoms with E-state index in [1.54, 1.807) is 24.3 Å². The summed E-state index contributed by atoms with van der Waals surface area (Å²) in [5, 5.41) is 20.4. The number of ether oxygens (including phenoxy) is 1. The van der Waals surface area contributed by atoms with Crippen LogP contribution < -0.4 is 5.32 Å². The van der Waals surface area contributed by atoms with Gasteiger partial charge in [0, 0.05) is 0 Å². The molecule has 7 heteroatoms. The second-order valence-corrected chi connectivity index (χ2v) is 5.16. The highest BCUT2D eigenvalue weighted by Crippen LogP contribution is 2.14. The fourth-order valence-electron chi connectivity index (χ4n) is 2.10. The van der Waals surface area contributed by atoms with Crippen molar-refractivity contribution >= 4 is 18.0 Å². The van der Waals surface area contributed by atoms with Gasteiger partial charge in [0.25, 0.3) is 0 Å². The van der Waals surface area contributed by atoms with Gasteiger partial charge < -0.3 is 20.3 Å². The number of aliphatic carboxylic acids is 2. The fourth-order valence-corrected chi connectivity index (χ4v) is 2.10. The van der Waals surface area contributed by atoms with E-state index < -0.39 is 30.0 Å². The molecule has 1 unspecified atom stereocenters. The van der Waals surface area contributed by atoms with Crippen LogP contribution >= 0.6 is 0 Å². The van der Waals surface area contributed by atoms with Crippen LogP contribution in [-0.4, -0.2) is 34.3 Å². The smallest absolute Gasteiger partial charge is 0.408 e. The van der Waals surface area contributed by atoms with Crippen molar-refractivity contribution in [1.82, 2.24) is 5.32 Å². The number of hydrogen-bond donors (Lipinski definition) is 3. The molecule has 2 atom stereocenters. The lowest BCUT2D eigenvalue weighted by molar-refractivity contribution is -0.144. The number of carbonyl (C=O) groups excluding carboxylic acids is 1. The molecular weight excluding hydrogens is 302 g/mol. The first-order valence-electron chi connectivity index (χ1n) is 7.36. The van der Waals surface area contributed by atoms with Gasteiger partial charge in [0.05, 0.1) is 5.92 Å². The van der Waals surface area contributed by atoms with Crippen LogP contribution in [0.15, 0.2) is 30.3 Å². The predicted molar refractivity (Wildman–Crippen MR) is 81.8 cm³/mol. The van der Waals surface area contributed by atoms with E-state index in [4.69, 9.17) is 14.9 Å². The largest absolute Gasteiger partial charge is 0.481 e. The van der Waals surface area contributed by atoms with Crippen LogP contribution in [0.2, 0.25) is 0 Å². The van der Waals surface area contributed by atoms with Gasteiger partial charge in [-0.15, -0.1) is 0 Å². The van der Waals surface area contributed by atoms with Gasteiger partial charge >= 0.3 is 18.0 Å². The standard InChI is InChI=1S/C16H21NO6/c1-2-6-12(14(18)19)9-13(15(20)21)17-16(22)23-10-11-7-4-3-5-8-11/h3-5,7-8,12-13H,2,6,9-10H2,1H3,(H,17,22)(H,18,19)(H,20,21)/t12?,13-/m0/s1. The van der Waals surface area contributed by atoms with Crippen LogP contribution in [0.4, 0.5) is 4.79 Å². The van der Waals surface area contributed by atoms with Crippen molar-refractivity contribution < 1.29 is 29.3 Å². The molecule has 0 bridgehead atoms. The van der Waals surface area contributed by atoms with E-state index in [1.807, 2.05) is 13.0 Å². The van der Waals surface area contributed by atoms with Gasteiger partial charge in [-0.05, 0) is 18.4 Å². The van der Waals surface area contributed by atoms with E-state index in [0.717, 1.165) is 5.56 Å². The van der Waals surface area contributed by atoms with Crippen molar-refractivity contribution in [3.05, 3.63) is 35.9 Å². The molecule has 0 aliphatic rings. The molecular formula is C16H21NO6. The maximum absolute atomic E-state index is 11.7. The Morgan fingerprint density at radius 3 is 2.30 bits per heavy atom. The third-order valence-corrected chi connectivity index (χ3v) is 3.31. The van der Waals surface area contributed by atoms with Crippen molar-refractivity contribution in [1.29, 1.82) is 0 Å². The number of alkyl carbamates (subject to hydrolysis) is 1. The summed E-state index contributed by atoms with van der Waals surface area (Å²) in [4.78, 5) is 34.0. The molecule has 1 aromatic carbocycles. The van der Waals surface area contributed by atoms with E-state index >= 15 is 0 Å². The average Bonchev–Trinajstić information content (AvgIpc) is 2.52. The van der Waals surface area contributed by atoms with E-state index in [1.165, 1.54) is 0 Å². The Balaban J connectivity index is 2.55. The summed E-state index contributed by atoms with van der Waals surface area (Å²) in [5.74, 6) is -3.18. The summed E-state index contributed by atoms with van der Waals surface area (Å²) in [5.41, 5.74) is 0.768. The summed E-state index contributed by atoms with van der Waals surface area (Å²) >= 11 is 0. The molecule has 0 radical (unpaired) electrons. The first-order chi connectivity index (χ1) is 10.9. The molecule has 0 saturated carbocycles. The number of hydrogen-bond acceptors (Lipinski definition) is 4. The van der Waals surface area contributed by atoms with E-state index in [9.17, 15) is 14.4 Å². The van der Waals surface area contributed by atoms with Gasteiger partial charge in [0.15, 0.2) is 0 Å². The minimum absolute atomic E-state index is 0.0102. The van der Waals surface area contributed by atoms with Gasteiger partial charge in [0.1, 0.15) is 12.6 Å². The van der Waals surface area contributed by atoms with Crippen molar-refractivity contribution in [2.75, 3.05) is 0 Å². The minimum Gasteiger partial charge on any atom is -0.481 e. The SMILES string of the molecule is CCCC(C[C@H](NC(=O)OCc1ccccc1)C(=O)O)C(=O)O. The first kappa shape index (κ1) is 18.5. The number of carboxylic acids is 2. The Morgan fingerprint density at radius 2 is 1.78 bits per heavy atom. The number of carboxylic acid groups (broad SMARTS) is 2. The minimum atomic E-state index is -1.30. The summed E-state index contributed by atoms with van der Waals surface area (Å²) in [6.45, 7) is 1.82. The van der Waals surface area contributed by atoms with Crippen LogP contribution in [-0.2, 0) is 20.9 Å². The summed E-state index contributed by atoms with van der Waals surface area (Å²) in [7, 11) is 0. The lowest BCUT2D eigenvalue weighted by atomic mass is 9.95. The summed E-state index contributed by atoms with van der Waals surface area (Å²) in [6.07, 6.45) is -0.109. The second kappa shape index (κ2) is 9.45. The Morgan fingerprint density at radius 1 is 1.13 bits per heavy atom. The quantitative estimate of drug-likeness (QED) is 0.642. The van der Waals surface area contributed by atoms with Crippen LogP contribution in [0.3, 0.4) is 0 Å². The zero-order valence-electron chi connectivity index (χ0n) is 12.9. The molecule has 0 aliphatic heterocycles. The molecule has 23 heavy (non-hydrogen) atoms. The topological polar surface area (TPSA) is 113 Å². The highest BCUT2D eigenvalue weighted by Gasteiger charge is 2.28. The van der Waals surface area contributed by atoms with Gasteiger partial charge in [-0.25, -0.2) is 9.59 Å². The van der Waals surface area contributed by atoms with Gasteiger partial charge in [-0.1, -0.05) is 43.7 Å². The van der Waals surface area contributed by atoms with Crippen LogP contribution in [0, 0.1) is 5.92 Å². The Kier molecular flexibility index (Phi) is 7.59. The normalized spacial score (nSPS) is 12.9. The number of amides is 1. The lowest BCUT2D eigenvalue weighted by Crippen LogP contribution is -2.43. The number of rotatable bonds is 9. The monoisotopic (exact) mass is 323 g/mol. The molecule has 0 aliphatic carbocycles. The van der Waals surface area contributed by atoms with Crippen molar-refractivity contribution in [3.63, 3.8) is 0 Å². The fraction of sp³-hybridized carbons (Fsp3) is 0.438. The molecule has 0 saturated heterocycles. The summed E-state index contributed by atoms with van der Waals surface area (Å²) < 4.78 is 4.95. The highest BCUT2D eigenvalue weighted by molar-refractivity contribution is 5.81. The zero-order valence-corrected chi connectivity index (χ0v) is 12.9. The third-order valence-electron chi connectivity index (χ3n) is 3.31. The van der Waals surface area contributed by atoms with Crippen LogP contribution in [0.5, 0.6) is 0 Å². The molecule has 0 fully saturated rings. The second-order valence-electron chi connectivity index (χ2n) is 5.16. The predicted octanol–water partition coefficient (Wildman–Crippen LogP) is 2.26. The summed E-state index contributed by atoms with van der Waals surface area (Å²) in [6, 6.07) is 7.64. The molecule has 0 spiro atoms. The maximum Gasteiger partial charge on any atom is 0.408 e. The van der Waals surface area contributed by atoms with Crippen molar-refractivity contribution in [2.24, 2.45) is 5.92 Å². The van der Waals surface area contributed by atoms with Gasteiger partial charge in [-0.3, -0.25) is 4.79 Å². The van der Waals surface area contributed by atoms with E-state index in [2.05, 4.69) is 5.32 Å². The molecule has 3 N–H and O–H groups in total. The maximum atomic E-state index is 11.7. The van der Waals surface area contributed by atoms with Crippen molar-refractivity contribution in [3.8, 4) is 0 Å². The highest BCUT2D eigenvalue weighted by atomic mass is 16.5. The van der Waals surface area contributed by atoms with Crippen LogP contribution in [0.25, 0.3) is 0 Å². The van der Waals surface area contributed by atoms with Gasteiger partial charge in [0.2, 0.25) is 0 Å². The number of nitrogens with one attached hydrogen (secondary N) is 1. The third kappa shape index (κ3) is 6.82. The number of carbonyl (C=O) groups is 3. The molecule has 1 rings (SSSR count). The molecule has 1 aromatic rings. The van der Waals surface area contributed by atoms with Crippen LogP contribution in [0.1, 0.15) is 31.7 Å². The Bertz CT molecular complexity index is 531. The Hall–Kier alpha value is -2.57. The molecule has 126 valence electrons. The zero-order chi connectivity index (χ0) is 17.2.